The maximum Gasteiger partial charge on any atom is 0.306 e. The highest BCUT2D eigenvalue weighted by molar-refractivity contribution is 5.69. The minimum Gasteiger partial charge on any atom is -0.457 e. The molecule has 1 fully saturated rings. The van der Waals surface area contributed by atoms with Gasteiger partial charge in [0.1, 0.15) is 30.5 Å². The van der Waals surface area contributed by atoms with Crippen LogP contribution < -0.4 is 0 Å². The molecule has 51 heavy (non-hydrogen) atoms. The second kappa shape index (κ2) is 34.0. The summed E-state index contributed by atoms with van der Waals surface area (Å²) in [5, 5.41) is 40.0. The molecule has 1 heterocycles. The van der Waals surface area contributed by atoms with Crippen LogP contribution in [0.15, 0.2) is 48.6 Å². The molecule has 4 N–H and O–H groups in total. The third kappa shape index (κ3) is 25.7. The van der Waals surface area contributed by atoms with Gasteiger partial charge in [-0.25, -0.2) is 0 Å². The van der Waals surface area contributed by atoms with Gasteiger partial charge in [0.05, 0.1) is 19.8 Å². The van der Waals surface area contributed by atoms with Crippen molar-refractivity contribution in [3.8, 4) is 0 Å². The van der Waals surface area contributed by atoms with Crippen LogP contribution >= 0.6 is 0 Å². The van der Waals surface area contributed by atoms with E-state index in [1.807, 2.05) is 0 Å². The maximum atomic E-state index is 12.7. The zero-order valence-electron chi connectivity index (χ0n) is 32.1. The molecule has 0 aliphatic carbocycles. The molecule has 0 aromatic heterocycles. The first-order valence-electron chi connectivity index (χ1n) is 20.2. The van der Waals surface area contributed by atoms with Crippen molar-refractivity contribution in [3.63, 3.8) is 0 Å². The van der Waals surface area contributed by atoms with E-state index in [1.54, 1.807) is 0 Å². The predicted octanol–water partition coefficient (Wildman–Crippen LogP) is 8.19. The first-order chi connectivity index (χ1) is 24.9. The Bertz CT molecular complexity index is 916. The Morgan fingerprint density at radius 2 is 1.20 bits per heavy atom. The molecular formula is C42H74O9. The summed E-state index contributed by atoms with van der Waals surface area (Å²) in [6, 6.07) is 0. The molecule has 1 saturated heterocycles. The molecule has 6 atom stereocenters. The molecule has 0 radical (unpaired) electrons. The molecule has 1 aliphatic rings. The number of esters is 1. The molecule has 0 aromatic rings. The largest absolute Gasteiger partial charge is 0.457 e. The summed E-state index contributed by atoms with van der Waals surface area (Å²) in [7, 11) is 0. The number of rotatable bonds is 33. The van der Waals surface area contributed by atoms with Crippen LogP contribution in [0.3, 0.4) is 0 Å². The van der Waals surface area contributed by atoms with Crippen LogP contribution in [-0.4, -0.2) is 89.6 Å². The lowest BCUT2D eigenvalue weighted by molar-refractivity contribution is -0.305. The Labute approximate surface area is 310 Å². The summed E-state index contributed by atoms with van der Waals surface area (Å²) in [6.07, 6.45) is 32.8. The van der Waals surface area contributed by atoms with Crippen LogP contribution in [0.1, 0.15) is 149 Å². The number of allylic oxidation sites excluding steroid dienone is 8. The summed E-state index contributed by atoms with van der Waals surface area (Å²) in [6.45, 7) is 4.38. The lowest BCUT2D eigenvalue weighted by atomic mass is 9.99. The lowest BCUT2D eigenvalue weighted by Gasteiger charge is -2.39. The van der Waals surface area contributed by atoms with Crippen molar-refractivity contribution in [3.05, 3.63) is 48.6 Å². The molecular weight excluding hydrogens is 648 g/mol. The number of aliphatic hydroxyl groups is 4. The topological polar surface area (TPSA) is 135 Å². The van der Waals surface area contributed by atoms with E-state index in [2.05, 4.69) is 62.5 Å². The third-order valence-corrected chi connectivity index (χ3v) is 9.01. The van der Waals surface area contributed by atoms with E-state index in [-0.39, 0.29) is 25.6 Å². The van der Waals surface area contributed by atoms with Gasteiger partial charge in [0, 0.05) is 13.0 Å². The van der Waals surface area contributed by atoms with Gasteiger partial charge in [-0.05, 0) is 51.4 Å². The average molecular weight is 723 g/mol. The number of hydrogen-bond donors (Lipinski definition) is 4. The van der Waals surface area contributed by atoms with Gasteiger partial charge in [-0.3, -0.25) is 4.79 Å². The number of carbonyl (C=O) groups excluding carboxylic acids is 1. The monoisotopic (exact) mass is 723 g/mol. The highest BCUT2D eigenvalue weighted by Crippen LogP contribution is 2.22. The van der Waals surface area contributed by atoms with E-state index in [4.69, 9.17) is 18.9 Å². The van der Waals surface area contributed by atoms with Crippen LogP contribution in [0.4, 0.5) is 0 Å². The van der Waals surface area contributed by atoms with Crippen molar-refractivity contribution in [2.45, 2.75) is 185 Å². The van der Waals surface area contributed by atoms with Crippen molar-refractivity contribution in [2.75, 3.05) is 26.4 Å². The number of ether oxygens (including phenoxy) is 4. The second-order valence-electron chi connectivity index (χ2n) is 13.7. The fourth-order valence-electron chi connectivity index (χ4n) is 5.83. The van der Waals surface area contributed by atoms with E-state index < -0.39 is 43.4 Å². The molecule has 9 nitrogen and oxygen atoms in total. The Morgan fingerprint density at radius 3 is 1.76 bits per heavy atom. The molecule has 0 saturated carbocycles. The minimum absolute atomic E-state index is 0.128. The maximum absolute atomic E-state index is 12.7. The SMILES string of the molecule is CC/C=C\C/C=C\C/C=C\C/C=C\CCCCC(=O)OC(COCCCCCCCCCCCCCCC)COC1OC(CO)C(O)C(O)C1O. The highest BCUT2D eigenvalue weighted by Gasteiger charge is 2.44. The number of unbranched alkanes of at least 4 members (excludes halogenated alkanes) is 14. The lowest BCUT2D eigenvalue weighted by Crippen LogP contribution is -2.59. The van der Waals surface area contributed by atoms with Crippen molar-refractivity contribution in [1.82, 2.24) is 0 Å². The summed E-state index contributed by atoms with van der Waals surface area (Å²) in [5.41, 5.74) is 0. The quantitative estimate of drug-likeness (QED) is 0.0301. The average Bonchev–Trinajstić information content (AvgIpc) is 3.13. The zero-order chi connectivity index (χ0) is 37.2. The highest BCUT2D eigenvalue weighted by atomic mass is 16.7. The fourth-order valence-corrected chi connectivity index (χ4v) is 5.83. The Hall–Kier alpha value is -1.85. The first kappa shape index (κ1) is 47.2. The van der Waals surface area contributed by atoms with Gasteiger partial charge in [0.2, 0.25) is 0 Å². The summed E-state index contributed by atoms with van der Waals surface area (Å²) >= 11 is 0. The summed E-state index contributed by atoms with van der Waals surface area (Å²) in [4.78, 5) is 12.7. The van der Waals surface area contributed by atoms with Gasteiger partial charge < -0.3 is 39.4 Å². The van der Waals surface area contributed by atoms with Gasteiger partial charge in [0.25, 0.3) is 0 Å². The number of aliphatic hydroxyl groups excluding tert-OH is 4. The van der Waals surface area contributed by atoms with Crippen molar-refractivity contribution < 1.29 is 44.2 Å². The molecule has 6 unspecified atom stereocenters. The Morgan fingerprint density at radius 1 is 0.647 bits per heavy atom. The summed E-state index contributed by atoms with van der Waals surface area (Å²) in [5.74, 6) is -0.355. The van der Waals surface area contributed by atoms with E-state index in [1.165, 1.54) is 70.6 Å². The number of hydrogen-bond acceptors (Lipinski definition) is 9. The van der Waals surface area contributed by atoms with Gasteiger partial charge in [-0.15, -0.1) is 0 Å². The minimum atomic E-state index is -1.54. The zero-order valence-corrected chi connectivity index (χ0v) is 32.1. The second-order valence-corrected chi connectivity index (χ2v) is 13.7. The van der Waals surface area contributed by atoms with Crippen molar-refractivity contribution in [1.29, 1.82) is 0 Å². The molecule has 296 valence electrons. The van der Waals surface area contributed by atoms with Gasteiger partial charge in [-0.1, -0.05) is 140 Å². The van der Waals surface area contributed by atoms with Crippen LogP contribution in [0.25, 0.3) is 0 Å². The normalized spacial score (nSPS) is 21.9. The Balaban J connectivity index is 2.35. The molecule has 1 aliphatic heterocycles. The van der Waals surface area contributed by atoms with E-state index >= 15 is 0 Å². The Kier molecular flexibility index (Phi) is 31.4. The van der Waals surface area contributed by atoms with Crippen molar-refractivity contribution >= 4 is 5.97 Å². The number of carbonyl (C=O) groups is 1. The van der Waals surface area contributed by atoms with E-state index in [0.29, 0.717) is 13.0 Å². The van der Waals surface area contributed by atoms with Crippen LogP contribution in [-0.2, 0) is 23.7 Å². The standard InChI is InChI=1S/C42H74O9/c1-3-5-7-9-11-13-15-17-18-19-21-23-25-27-29-31-38(44)50-36(35-49-42-41(47)40(46)39(45)37(33-43)51-42)34-48-32-30-28-26-24-22-20-16-14-12-10-8-6-4-2/h5,7,11,13,17-18,21,23,36-37,39-43,45-47H,3-4,6,8-10,12,14-16,19-20,22,24-35H2,1-2H3/b7-5-,13-11-,18-17-,23-21-. The third-order valence-electron chi connectivity index (χ3n) is 9.01. The van der Waals surface area contributed by atoms with Crippen LogP contribution in [0.2, 0.25) is 0 Å². The van der Waals surface area contributed by atoms with E-state index in [0.717, 1.165) is 51.4 Å². The summed E-state index contributed by atoms with van der Waals surface area (Å²) < 4.78 is 22.7. The van der Waals surface area contributed by atoms with Crippen LogP contribution in [0.5, 0.6) is 0 Å². The molecule has 0 amide bonds. The predicted molar refractivity (Wildman–Crippen MR) is 205 cm³/mol. The molecule has 1 rings (SSSR count). The van der Waals surface area contributed by atoms with Crippen molar-refractivity contribution in [2.24, 2.45) is 0 Å². The fraction of sp³-hybridized carbons (Fsp3) is 0.786. The first-order valence-corrected chi connectivity index (χ1v) is 20.2. The molecule has 0 spiro atoms. The van der Waals surface area contributed by atoms with Gasteiger partial charge >= 0.3 is 5.97 Å². The van der Waals surface area contributed by atoms with Gasteiger partial charge in [0.15, 0.2) is 6.29 Å². The molecule has 0 aromatic carbocycles. The van der Waals surface area contributed by atoms with Gasteiger partial charge in [-0.2, -0.15) is 0 Å². The van der Waals surface area contributed by atoms with E-state index in [9.17, 15) is 25.2 Å². The molecule has 9 heteroatoms. The smallest absolute Gasteiger partial charge is 0.306 e. The van der Waals surface area contributed by atoms with Crippen LogP contribution in [0, 0.1) is 0 Å². The molecule has 0 bridgehead atoms.